The lowest BCUT2D eigenvalue weighted by Crippen LogP contribution is -2.23. The molecule has 0 saturated heterocycles. The van der Waals surface area contributed by atoms with Gasteiger partial charge in [0.15, 0.2) is 0 Å². The molecule has 27 heavy (non-hydrogen) atoms. The topological polar surface area (TPSA) is 79.8 Å². The number of carbonyl (C=O) groups is 1. The summed E-state index contributed by atoms with van der Waals surface area (Å²) in [4.78, 5) is 27.3. The highest BCUT2D eigenvalue weighted by Crippen LogP contribution is 2.19. The number of amides is 1. The molecule has 0 unspecified atom stereocenters. The van der Waals surface area contributed by atoms with Crippen molar-refractivity contribution in [2.24, 2.45) is 7.05 Å². The number of para-hydroxylation sites is 1. The average Bonchev–Trinajstić information content (AvgIpc) is 3.16. The van der Waals surface area contributed by atoms with Crippen LogP contribution in [-0.4, -0.2) is 15.3 Å². The largest absolute Gasteiger partial charge is 0.315 e. The molecule has 0 aliphatic rings. The van der Waals surface area contributed by atoms with Gasteiger partial charge in [-0.3, -0.25) is 14.3 Å². The number of aromatic nitrogens is 2. The van der Waals surface area contributed by atoms with Crippen molar-refractivity contribution in [3.63, 3.8) is 0 Å². The van der Waals surface area contributed by atoms with E-state index < -0.39 is 5.91 Å². The van der Waals surface area contributed by atoms with Gasteiger partial charge >= 0.3 is 0 Å². The summed E-state index contributed by atoms with van der Waals surface area (Å²) in [6, 6.07) is 14.8. The molecule has 0 radical (unpaired) electrons. The van der Waals surface area contributed by atoms with Crippen LogP contribution in [0.1, 0.15) is 15.4 Å². The number of rotatable bonds is 4. The Labute approximate surface area is 160 Å². The Morgan fingerprint density at radius 2 is 1.89 bits per heavy atom. The van der Waals surface area contributed by atoms with Crippen molar-refractivity contribution in [3.8, 4) is 11.8 Å². The number of carbonyl (C=O) groups excluding carboxylic acids is 1. The summed E-state index contributed by atoms with van der Waals surface area (Å²) < 4.78 is 3.15. The first-order valence-electron chi connectivity index (χ1n) is 8.26. The van der Waals surface area contributed by atoms with E-state index in [0.29, 0.717) is 11.4 Å². The van der Waals surface area contributed by atoms with E-state index in [4.69, 9.17) is 0 Å². The van der Waals surface area contributed by atoms with Crippen LogP contribution in [-0.2, 0) is 11.8 Å². The first kappa shape index (κ1) is 18.4. The molecule has 7 heteroatoms. The van der Waals surface area contributed by atoms with Gasteiger partial charge in [-0.15, -0.1) is 11.3 Å². The lowest BCUT2D eigenvalue weighted by atomic mass is 10.2. The zero-order chi connectivity index (χ0) is 19.6. The van der Waals surface area contributed by atoms with E-state index >= 15 is 0 Å². The Hall–Kier alpha value is -3.37. The normalized spacial score (nSPS) is 11.3. The molecular weight excluding hydrogens is 360 g/mol. The van der Waals surface area contributed by atoms with Crippen LogP contribution in [0, 0.1) is 25.2 Å². The maximum absolute atomic E-state index is 12.8. The second-order valence-electron chi connectivity index (χ2n) is 6.01. The lowest BCUT2D eigenvalue weighted by Gasteiger charge is -2.07. The van der Waals surface area contributed by atoms with Crippen molar-refractivity contribution in [2.75, 3.05) is 5.32 Å². The van der Waals surface area contributed by atoms with Crippen LogP contribution >= 0.6 is 11.3 Å². The van der Waals surface area contributed by atoms with Crippen LogP contribution in [0.25, 0.3) is 11.8 Å². The molecule has 2 heterocycles. The van der Waals surface area contributed by atoms with Gasteiger partial charge in [-0.1, -0.05) is 18.2 Å². The number of thiophene rings is 1. The second kappa shape index (κ2) is 7.48. The summed E-state index contributed by atoms with van der Waals surface area (Å²) in [6.45, 7) is 3.70. The molecular formula is C20H18N4O2S. The van der Waals surface area contributed by atoms with E-state index in [1.807, 2.05) is 55.5 Å². The fourth-order valence-corrected chi connectivity index (χ4v) is 3.54. The first-order chi connectivity index (χ1) is 12.9. The summed E-state index contributed by atoms with van der Waals surface area (Å²) in [5.41, 5.74) is 1.06. The molecule has 1 N–H and O–H groups in total. The SMILES string of the molecule is Cc1ccc(/C=C(\C#N)C(=O)Nc2c(C)n(C)n(-c3ccccc3)c2=O)s1. The molecule has 2 aromatic heterocycles. The number of hydrogen-bond donors (Lipinski definition) is 1. The van der Waals surface area contributed by atoms with Crippen LogP contribution < -0.4 is 10.9 Å². The zero-order valence-corrected chi connectivity index (χ0v) is 16.0. The number of nitrogens with one attached hydrogen (secondary N) is 1. The highest BCUT2D eigenvalue weighted by molar-refractivity contribution is 7.12. The van der Waals surface area contributed by atoms with E-state index in [9.17, 15) is 14.9 Å². The molecule has 0 bridgehead atoms. The third-order valence-electron chi connectivity index (χ3n) is 4.21. The molecule has 0 aliphatic heterocycles. The van der Waals surface area contributed by atoms with Crippen LogP contribution in [0.2, 0.25) is 0 Å². The fraction of sp³-hybridized carbons (Fsp3) is 0.150. The van der Waals surface area contributed by atoms with Gasteiger partial charge in [-0.25, -0.2) is 4.68 Å². The highest BCUT2D eigenvalue weighted by atomic mass is 32.1. The van der Waals surface area contributed by atoms with Crippen molar-refractivity contribution in [1.29, 1.82) is 5.26 Å². The zero-order valence-electron chi connectivity index (χ0n) is 15.2. The predicted octanol–water partition coefficient (Wildman–Crippen LogP) is 3.40. The summed E-state index contributed by atoms with van der Waals surface area (Å²) in [6.07, 6.45) is 1.53. The van der Waals surface area contributed by atoms with Gasteiger partial charge in [-0.05, 0) is 44.2 Å². The smallest absolute Gasteiger partial charge is 0.295 e. The third-order valence-corrected chi connectivity index (χ3v) is 5.15. The predicted molar refractivity (Wildman–Crippen MR) is 107 cm³/mol. The van der Waals surface area contributed by atoms with Crippen molar-refractivity contribution >= 4 is 29.0 Å². The van der Waals surface area contributed by atoms with Gasteiger partial charge in [-0.2, -0.15) is 5.26 Å². The van der Waals surface area contributed by atoms with E-state index in [0.717, 1.165) is 9.75 Å². The number of benzene rings is 1. The van der Waals surface area contributed by atoms with E-state index in [-0.39, 0.29) is 16.8 Å². The summed E-state index contributed by atoms with van der Waals surface area (Å²) in [7, 11) is 1.74. The Kier molecular flexibility index (Phi) is 5.10. The van der Waals surface area contributed by atoms with Crippen molar-refractivity contribution in [2.45, 2.75) is 13.8 Å². The fourth-order valence-electron chi connectivity index (χ4n) is 2.71. The van der Waals surface area contributed by atoms with Crippen LogP contribution in [0.15, 0.2) is 52.8 Å². The molecule has 136 valence electrons. The number of hydrogen-bond acceptors (Lipinski definition) is 4. The van der Waals surface area contributed by atoms with Gasteiger partial charge in [0.05, 0.1) is 11.4 Å². The van der Waals surface area contributed by atoms with Crippen LogP contribution in [0.3, 0.4) is 0 Å². The molecule has 1 amide bonds. The van der Waals surface area contributed by atoms with Gasteiger partial charge < -0.3 is 5.32 Å². The molecule has 0 aliphatic carbocycles. The van der Waals surface area contributed by atoms with Crippen molar-refractivity contribution in [3.05, 3.63) is 73.8 Å². The number of anilines is 1. The number of nitrogens with zero attached hydrogens (tertiary/aromatic N) is 3. The van der Waals surface area contributed by atoms with Crippen LogP contribution in [0.4, 0.5) is 5.69 Å². The van der Waals surface area contributed by atoms with E-state index in [1.165, 1.54) is 22.1 Å². The maximum atomic E-state index is 12.8. The van der Waals surface area contributed by atoms with Gasteiger partial charge in [0.2, 0.25) is 0 Å². The van der Waals surface area contributed by atoms with E-state index in [1.54, 1.807) is 18.7 Å². The minimum absolute atomic E-state index is 0.0502. The summed E-state index contributed by atoms with van der Waals surface area (Å²) in [5.74, 6) is -0.602. The van der Waals surface area contributed by atoms with Gasteiger partial charge in [0.25, 0.3) is 11.5 Å². The van der Waals surface area contributed by atoms with Gasteiger partial charge in [0.1, 0.15) is 17.3 Å². The molecule has 3 aromatic rings. The Morgan fingerprint density at radius 1 is 1.19 bits per heavy atom. The van der Waals surface area contributed by atoms with Crippen molar-refractivity contribution < 1.29 is 4.79 Å². The number of nitriles is 1. The monoisotopic (exact) mass is 378 g/mol. The standard InChI is InChI=1S/C20H18N4O2S/c1-13-9-10-17(27-13)11-15(12-21)19(25)22-18-14(2)23(3)24(20(18)26)16-7-5-4-6-8-16/h4-11H,1-3H3,(H,22,25)/b15-11+. The van der Waals surface area contributed by atoms with Crippen LogP contribution in [0.5, 0.6) is 0 Å². The number of aryl methyl sites for hydroxylation is 1. The minimum atomic E-state index is -0.602. The van der Waals surface area contributed by atoms with E-state index in [2.05, 4.69) is 5.32 Å². The minimum Gasteiger partial charge on any atom is -0.315 e. The summed E-state index contributed by atoms with van der Waals surface area (Å²) in [5, 5.41) is 12.0. The molecule has 0 fully saturated rings. The summed E-state index contributed by atoms with van der Waals surface area (Å²) >= 11 is 1.49. The first-order valence-corrected chi connectivity index (χ1v) is 9.07. The maximum Gasteiger partial charge on any atom is 0.295 e. The molecule has 0 saturated carbocycles. The molecule has 6 nitrogen and oxygen atoms in total. The quantitative estimate of drug-likeness (QED) is 0.558. The van der Waals surface area contributed by atoms with Gasteiger partial charge in [0, 0.05) is 16.8 Å². The Bertz CT molecular complexity index is 1130. The Morgan fingerprint density at radius 3 is 2.48 bits per heavy atom. The highest BCUT2D eigenvalue weighted by Gasteiger charge is 2.20. The van der Waals surface area contributed by atoms with Crippen molar-refractivity contribution in [1.82, 2.24) is 9.36 Å². The third kappa shape index (κ3) is 3.61. The lowest BCUT2D eigenvalue weighted by molar-refractivity contribution is -0.112. The molecule has 1 aromatic carbocycles. The average molecular weight is 378 g/mol. The second-order valence-corrected chi connectivity index (χ2v) is 7.33. The molecule has 0 spiro atoms. The molecule has 3 rings (SSSR count). The Balaban J connectivity index is 1.96. The molecule has 0 atom stereocenters.